The highest BCUT2D eigenvalue weighted by molar-refractivity contribution is 5.27. The molecule has 0 saturated carbocycles. The number of methoxy groups -OCH3 is 1. The topological polar surface area (TPSA) is 41.5 Å². The van der Waals surface area contributed by atoms with Crippen molar-refractivity contribution in [2.45, 2.75) is 19.0 Å². The summed E-state index contributed by atoms with van der Waals surface area (Å²) in [7, 11) is 1.65. The van der Waals surface area contributed by atoms with Crippen LogP contribution in [0.2, 0.25) is 0 Å². The normalized spacial score (nSPS) is 14.2. The smallest absolute Gasteiger partial charge is 0.118 e. The average molecular weight is 221 g/mol. The van der Waals surface area contributed by atoms with Gasteiger partial charge in [-0.05, 0) is 24.6 Å². The van der Waals surface area contributed by atoms with Gasteiger partial charge in [0, 0.05) is 6.54 Å². The van der Waals surface area contributed by atoms with Crippen molar-refractivity contribution < 1.29 is 9.84 Å². The summed E-state index contributed by atoms with van der Waals surface area (Å²) >= 11 is 0. The number of aliphatic hydroxyl groups excluding tert-OH is 1. The molecular formula is C13H19NO2. The van der Waals surface area contributed by atoms with E-state index < -0.39 is 5.54 Å². The molecule has 0 amide bonds. The number of rotatable bonds is 6. The molecule has 2 N–H and O–H groups in total. The van der Waals surface area contributed by atoms with Gasteiger partial charge in [0.2, 0.25) is 0 Å². The van der Waals surface area contributed by atoms with Gasteiger partial charge in [0.05, 0.1) is 19.3 Å². The highest BCUT2D eigenvalue weighted by atomic mass is 16.5. The molecule has 0 saturated heterocycles. The minimum absolute atomic E-state index is 0.0344. The van der Waals surface area contributed by atoms with E-state index in [1.54, 1.807) is 13.2 Å². The van der Waals surface area contributed by atoms with Gasteiger partial charge < -0.3 is 15.2 Å². The number of ether oxygens (including phenoxy) is 1. The van der Waals surface area contributed by atoms with Crippen LogP contribution in [-0.4, -0.2) is 24.4 Å². The van der Waals surface area contributed by atoms with E-state index in [9.17, 15) is 5.11 Å². The Morgan fingerprint density at radius 2 is 2.06 bits per heavy atom. The zero-order valence-electron chi connectivity index (χ0n) is 9.86. The summed E-state index contributed by atoms with van der Waals surface area (Å²) in [5.41, 5.74) is 0.710. The van der Waals surface area contributed by atoms with Crippen molar-refractivity contribution >= 4 is 0 Å². The second-order valence-corrected chi connectivity index (χ2v) is 3.98. The fraction of sp³-hybridized carbons (Fsp3) is 0.385. The van der Waals surface area contributed by atoms with E-state index in [1.807, 2.05) is 31.2 Å². The third kappa shape index (κ3) is 3.36. The van der Waals surface area contributed by atoms with E-state index in [4.69, 9.17) is 4.74 Å². The van der Waals surface area contributed by atoms with Crippen molar-refractivity contribution in [1.29, 1.82) is 0 Å². The van der Waals surface area contributed by atoms with Gasteiger partial charge in [0.1, 0.15) is 5.75 Å². The van der Waals surface area contributed by atoms with Crippen molar-refractivity contribution in [2.24, 2.45) is 0 Å². The van der Waals surface area contributed by atoms with Crippen LogP contribution in [-0.2, 0) is 6.54 Å². The largest absolute Gasteiger partial charge is 0.497 e. The fourth-order valence-corrected chi connectivity index (χ4v) is 1.24. The lowest BCUT2D eigenvalue weighted by molar-refractivity contribution is 0.207. The van der Waals surface area contributed by atoms with Crippen LogP contribution in [0.3, 0.4) is 0 Å². The van der Waals surface area contributed by atoms with Gasteiger partial charge in [-0.15, -0.1) is 6.58 Å². The Hall–Kier alpha value is -1.32. The molecule has 0 aromatic heterocycles. The van der Waals surface area contributed by atoms with Crippen molar-refractivity contribution in [2.75, 3.05) is 13.7 Å². The molecule has 0 aliphatic rings. The van der Waals surface area contributed by atoms with Crippen LogP contribution in [0.25, 0.3) is 0 Å². The molecular weight excluding hydrogens is 202 g/mol. The summed E-state index contributed by atoms with van der Waals surface area (Å²) in [6.45, 7) is 6.33. The van der Waals surface area contributed by atoms with Crippen molar-refractivity contribution in [3.63, 3.8) is 0 Å². The summed E-state index contributed by atoms with van der Waals surface area (Å²) in [6, 6.07) is 7.82. The average Bonchev–Trinajstić information content (AvgIpc) is 2.36. The molecule has 0 aliphatic carbocycles. The molecule has 1 aromatic carbocycles. The molecule has 1 atom stereocenters. The van der Waals surface area contributed by atoms with Crippen LogP contribution in [0.4, 0.5) is 0 Å². The molecule has 0 radical (unpaired) electrons. The molecule has 0 unspecified atom stereocenters. The van der Waals surface area contributed by atoms with Crippen molar-refractivity contribution in [3.8, 4) is 5.75 Å². The minimum Gasteiger partial charge on any atom is -0.497 e. The monoisotopic (exact) mass is 221 g/mol. The molecule has 3 heteroatoms. The van der Waals surface area contributed by atoms with Gasteiger partial charge in [-0.1, -0.05) is 18.2 Å². The van der Waals surface area contributed by atoms with Crippen LogP contribution < -0.4 is 10.1 Å². The Bertz CT molecular complexity index is 334. The summed E-state index contributed by atoms with van der Waals surface area (Å²) in [5.74, 6) is 0.845. The highest BCUT2D eigenvalue weighted by Gasteiger charge is 2.17. The van der Waals surface area contributed by atoms with Gasteiger partial charge in [-0.2, -0.15) is 0 Å². The molecule has 0 aliphatic heterocycles. The van der Waals surface area contributed by atoms with Crippen LogP contribution in [0.15, 0.2) is 36.9 Å². The summed E-state index contributed by atoms with van der Waals surface area (Å²) in [4.78, 5) is 0. The molecule has 16 heavy (non-hydrogen) atoms. The van der Waals surface area contributed by atoms with Crippen molar-refractivity contribution in [3.05, 3.63) is 42.5 Å². The van der Waals surface area contributed by atoms with Gasteiger partial charge in [0.15, 0.2) is 0 Å². The number of hydrogen-bond acceptors (Lipinski definition) is 3. The van der Waals surface area contributed by atoms with Crippen molar-refractivity contribution in [1.82, 2.24) is 5.32 Å². The maximum absolute atomic E-state index is 9.19. The number of benzene rings is 1. The zero-order valence-corrected chi connectivity index (χ0v) is 9.86. The van der Waals surface area contributed by atoms with Crippen LogP contribution in [0.5, 0.6) is 5.75 Å². The van der Waals surface area contributed by atoms with Gasteiger partial charge in [0.25, 0.3) is 0 Å². The maximum atomic E-state index is 9.19. The zero-order chi connectivity index (χ0) is 12.0. The third-order valence-electron chi connectivity index (χ3n) is 2.63. The molecule has 0 heterocycles. The van der Waals surface area contributed by atoms with E-state index in [0.29, 0.717) is 6.54 Å². The van der Waals surface area contributed by atoms with E-state index in [0.717, 1.165) is 11.3 Å². The first-order chi connectivity index (χ1) is 7.63. The van der Waals surface area contributed by atoms with E-state index in [2.05, 4.69) is 11.9 Å². The van der Waals surface area contributed by atoms with Gasteiger partial charge >= 0.3 is 0 Å². The highest BCUT2D eigenvalue weighted by Crippen LogP contribution is 2.12. The first-order valence-electron chi connectivity index (χ1n) is 5.26. The lowest BCUT2D eigenvalue weighted by Gasteiger charge is -2.24. The minimum atomic E-state index is -0.431. The first kappa shape index (κ1) is 12.7. The van der Waals surface area contributed by atoms with E-state index >= 15 is 0 Å². The maximum Gasteiger partial charge on any atom is 0.118 e. The molecule has 0 bridgehead atoms. The van der Waals surface area contributed by atoms with Crippen LogP contribution in [0.1, 0.15) is 12.5 Å². The number of nitrogens with one attached hydrogen (secondary N) is 1. The SMILES string of the molecule is C=C[C@](C)(CO)NCc1ccc(OC)cc1. The molecule has 88 valence electrons. The van der Waals surface area contributed by atoms with Gasteiger partial charge in [-0.25, -0.2) is 0 Å². The van der Waals surface area contributed by atoms with Gasteiger partial charge in [-0.3, -0.25) is 0 Å². The lowest BCUT2D eigenvalue weighted by Crippen LogP contribution is -2.43. The lowest BCUT2D eigenvalue weighted by atomic mass is 10.0. The Kier molecular flexibility index (Phi) is 4.52. The Labute approximate surface area is 96.8 Å². The fourth-order valence-electron chi connectivity index (χ4n) is 1.24. The molecule has 3 nitrogen and oxygen atoms in total. The Morgan fingerprint density at radius 3 is 2.50 bits per heavy atom. The molecule has 0 spiro atoms. The Balaban J connectivity index is 2.57. The van der Waals surface area contributed by atoms with E-state index in [1.165, 1.54) is 0 Å². The molecule has 0 fully saturated rings. The third-order valence-corrected chi connectivity index (χ3v) is 2.63. The van der Waals surface area contributed by atoms with Crippen LogP contribution >= 0.6 is 0 Å². The second-order valence-electron chi connectivity index (χ2n) is 3.98. The Morgan fingerprint density at radius 1 is 1.44 bits per heavy atom. The quantitative estimate of drug-likeness (QED) is 0.719. The number of aliphatic hydroxyl groups is 1. The van der Waals surface area contributed by atoms with E-state index in [-0.39, 0.29) is 6.61 Å². The predicted molar refractivity (Wildman–Crippen MR) is 65.5 cm³/mol. The summed E-state index contributed by atoms with van der Waals surface area (Å²) < 4.78 is 5.08. The standard InChI is InChI=1S/C13H19NO2/c1-4-13(2,10-15)14-9-11-5-7-12(16-3)8-6-11/h4-8,14-15H,1,9-10H2,2-3H3/t13-/m1/s1. The molecule has 1 aromatic rings. The predicted octanol–water partition coefficient (Wildman–Crippen LogP) is 1.72. The first-order valence-corrected chi connectivity index (χ1v) is 5.26. The molecule has 1 rings (SSSR count). The number of hydrogen-bond donors (Lipinski definition) is 2. The second kappa shape index (κ2) is 5.68. The summed E-state index contributed by atoms with van der Waals surface area (Å²) in [5, 5.41) is 12.4. The van der Waals surface area contributed by atoms with Crippen LogP contribution in [0, 0.1) is 0 Å². The summed E-state index contributed by atoms with van der Waals surface area (Å²) in [6.07, 6.45) is 1.72.